The van der Waals surface area contributed by atoms with Crippen molar-refractivity contribution >= 4 is 17.3 Å². The van der Waals surface area contributed by atoms with Crippen molar-refractivity contribution < 1.29 is 27.6 Å². The van der Waals surface area contributed by atoms with Gasteiger partial charge in [-0.25, -0.2) is 0 Å². The molecule has 0 saturated heterocycles. The first-order valence-corrected chi connectivity index (χ1v) is 7.73. The van der Waals surface area contributed by atoms with E-state index < -0.39 is 23.2 Å². The highest BCUT2D eigenvalue weighted by Gasteiger charge is 2.31. The third kappa shape index (κ3) is 5.33. The van der Waals surface area contributed by atoms with Crippen molar-refractivity contribution in [1.82, 2.24) is 5.32 Å². The van der Waals surface area contributed by atoms with Gasteiger partial charge in [-0.2, -0.15) is 0 Å². The lowest BCUT2D eigenvalue weighted by atomic mass is 10.1. The summed E-state index contributed by atoms with van der Waals surface area (Å²) in [4.78, 5) is 22.8. The molecular formula is C17H16F3N3O4. The minimum Gasteiger partial charge on any atom is -0.406 e. The lowest BCUT2D eigenvalue weighted by molar-refractivity contribution is -0.384. The van der Waals surface area contributed by atoms with Gasteiger partial charge >= 0.3 is 6.36 Å². The van der Waals surface area contributed by atoms with Gasteiger partial charge in [-0.15, -0.1) is 13.2 Å². The van der Waals surface area contributed by atoms with E-state index in [-0.39, 0.29) is 22.7 Å². The fourth-order valence-corrected chi connectivity index (χ4v) is 2.36. The molecule has 0 saturated carbocycles. The van der Waals surface area contributed by atoms with Crippen molar-refractivity contribution in [2.45, 2.75) is 19.3 Å². The zero-order chi connectivity index (χ0) is 20.2. The van der Waals surface area contributed by atoms with Gasteiger partial charge in [0.15, 0.2) is 0 Å². The Morgan fingerprint density at radius 3 is 2.33 bits per heavy atom. The Balaban J connectivity index is 2.11. The van der Waals surface area contributed by atoms with Crippen molar-refractivity contribution in [3.63, 3.8) is 0 Å². The Hall–Kier alpha value is -3.30. The molecule has 1 atom stereocenters. The van der Waals surface area contributed by atoms with Crippen LogP contribution in [0.3, 0.4) is 0 Å². The number of halogens is 3. The van der Waals surface area contributed by atoms with Crippen LogP contribution in [0.1, 0.15) is 28.9 Å². The molecular weight excluding hydrogens is 367 g/mol. The molecule has 0 spiro atoms. The second kappa shape index (κ2) is 7.94. The molecule has 0 aromatic heterocycles. The molecule has 0 aliphatic heterocycles. The molecule has 27 heavy (non-hydrogen) atoms. The van der Waals surface area contributed by atoms with Crippen LogP contribution < -0.4 is 15.4 Å². The van der Waals surface area contributed by atoms with Crippen LogP contribution in [0.15, 0.2) is 42.5 Å². The van der Waals surface area contributed by atoms with Gasteiger partial charge in [0.2, 0.25) is 0 Å². The van der Waals surface area contributed by atoms with Crippen LogP contribution in [0.5, 0.6) is 5.75 Å². The van der Waals surface area contributed by atoms with E-state index in [2.05, 4.69) is 15.4 Å². The molecule has 7 nitrogen and oxygen atoms in total. The molecule has 1 unspecified atom stereocenters. The van der Waals surface area contributed by atoms with E-state index in [0.29, 0.717) is 5.56 Å². The number of alkyl halides is 3. The quantitative estimate of drug-likeness (QED) is 0.580. The van der Waals surface area contributed by atoms with Gasteiger partial charge in [0, 0.05) is 18.7 Å². The van der Waals surface area contributed by atoms with Crippen LogP contribution in [-0.2, 0) is 0 Å². The van der Waals surface area contributed by atoms with E-state index in [4.69, 9.17) is 0 Å². The predicted octanol–water partition coefficient (Wildman–Crippen LogP) is 4.03. The zero-order valence-corrected chi connectivity index (χ0v) is 14.3. The van der Waals surface area contributed by atoms with Gasteiger partial charge < -0.3 is 15.4 Å². The molecule has 2 aromatic rings. The Labute approximate surface area is 152 Å². The lowest BCUT2D eigenvalue weighted by Gasteiger charge is -2.16. The fourth-order valence-electron chi connectivity index (χ4n) is 2.36. The van der Waals surface area contributed by atoms with Crippen molar-refractivity contribution in [3.05, 3.63) is 63.7 Å². The average molecular weight is 383 g/mol. The maximum atomic E-state index is 12.3. The number of ether oxygens (including phenoxy) is 1. The third-order valence-corrected chi connectivity index (χ3v) is 3.69. The van der Waals surface area contributed by atoms with Gasteiger partial charge in [0.25, 0.3) is 11.6 Å². The summed E-state index contributed by atoms with van der Waals surface area (Å²) in [6.45, 7) is 1.63. The van der Waals surface area contributed by atoms with E-state index in [1.54, 1.807) is 6.92 Å². The summed E-state index contributed by atoms with van der Waals surface area (Å²) >= 11 is 0. The molecule has 2 N–H and O–H groups in total. The number of nitro benzene ring substituents is 1. The maximum Gasteiger partial charge on any atom is 0.573 e. The van der Waals surface area contributed by atoms with E-state index in [1.165, 1.54) is 31.3 Å². The van der Waals surface area contributed by atoms with E-state index in [9.17, 15) is 28.1 Å². The first kappa shape index (κ1) is 20.0. The second-order valence-corrected chi connectivity index (χ2v) is 5.55. The van der Waals surface area contributed by atoms with Crippen molar-refractivity contribution in [2.24, 2.45) is 0 Å². The van der Waals surface area contributed by atoms with Crippen molar-refractivity contribution in [3.8, 4) is 5.75 Å². The molecule has 1 amide bonds. The Bertz CT molecular complexity index is 838. The van der Waals surface area contributed by atoms with Crippen molar-refractivity contribution in [2.75, 3.05) is 12.4 Å². The van der Waals surface area contributed by atoms with E-state index in [1.807, 2.05) is 0 Å². The number of hydrogen-bond acceptors (Lipinski definition) is 5. The van der Waals surface area contributed by atoms with Crippen LogP contribution in [0, 0.1) is 10.1 Å². The molecule has 144 valence electrons. The Morgan fingerprint density at radius 1 is 1.19 bits per heavy atom. The lowest BCUT2D eigenvalue weighted by Crippen LogP contribution is -2.26. The number of nitrogens with one attached hydrogen (secondary N) is 2. The van der Waals surface area contributed by atoms with Crippen LogP contribution >= 0.6 is 0 Å². The highest BCUT2D eigenvalue weighted by molar-refractivity contribution is 5.96. The molecule has 0 aliphatic carbocycles. The predicted molar refractivity (Wildman–Crippen MR) is 91.6 cm³/mol. The second-order valence-electron chi connectivity index (χ2n) is 5.55. The smallest absolute Gasteiger partial charge is 0.406 e. The van der Waals surface area contributed by atoms with Crippen LogP contribution in [-0.4, -0.2) is 24.2 Å². The molecule has 2 rings (SSSR count). The zero-order valence-electron chi connectivity index (χ0n) is 14.3. The number of anilines is 1. The van der Waals surface area contributed by atoms with Gasteiger partial charge in [-0.3, -0.25) is 14.9 Å². The standard InChI is InChI=1S/C17H16F3N3O4/c1-10(11-3-6-13(7-4-11)27-17(18,19)20)22-16(24)12-5-8-14(21-2)15(9-12)23(25)26/h3-10,21H,1-2H3,(H,22,24). The summed E-state index contributed by atoms with van der Waals surface area (Å²) in [5.74, 6) is -0.924. The number of amides is 1. The number of nitrogens with zero attached hydrogens (tertiary/aromatic N) is 1. The molecule has 0 radical (unpaired) electrons. The number of hydrogen-bond donors (Lipinski definition) is 2. The summed E-state index contributed by atoms with van der Waals surface area (Å²) < 4.78 is 40.3. The molecule has 0 heterocycles. The third-order valence-electron chi connectivity index (χ3n) is 3.69. The van der Waals surface area contributed by atoms with Gasteiger partial charge in [0.05, 0.1) is 11.0 Å². The molecule has 0 aliphatic rings. The number of benzene rings is 2. The fraction of sp³-hybridized carbons (Fsp3) is 0.235. The maximum absolute atomic E-state index is 12.3. The molecule has 0 fully saturated rings. The highest BCUT2D eigenvalue weighted by Crippen LogP contribution is 2.26. The Morgan fingerprint density at radius 2 is 1.81 bits per heavy atom. The summed E-state index contributed by atoms with van der Waals surface area (Å²) in [7, 11) is 1.52. The van der Waals surface area contributed by atoms with Gasteiger partial charge in [-0.05, 0) is 36.8 Å². The first-order chi connectivity index (χ1) is 12.6. The monoisotopic (exact) mass is 383 g/mol. The number of nitro groups is 1. The summed E-state index contributed by atoms with van der Waals surface area (Å²) in [5.41, 5.74) is 0.653. The largest absolute Gasteiger partial charge is 0.573 e. The Kier molecular flexibility index (Phi) is 5.88. The normalized spacial score (nSPS) is 12.2. The summed E-state index contributed by atoms with van der Waals surface area (Å²) in [6.07, 6.45) is -4.78. The van der Waals surface area contributed by atoms with Gasteiger partial charge in [0.1, 0.15) is 11.4 Å². The van der Waals surface area contributed by atoms with Crippen molar-refractivity contribution in [1.29, 1.82) is 0 Å². The highest BCUT2D eigenvalue weighted by atomic mass is 19.4. The van der Waals surface area contributed by atoms with E-state index in [0.717, 1.165) is 18.2 Å². The SMILES string of the molecule is CNc1ccc(C(=O)NC(C)c2ccc(OC(F)(F)F)cc2)cc1[N+](=O)[O-]. The number of carbonyl (C=O) groups excluding carboxylic acids is 1. The minimum absolute atomic E-state index is 0.0876. The molecule has 0 bridgehead atoms. The average Bonchev–Trinajstić information content (AvgIpc) is 2.60. The molecule has 10 heteroatoms. The summed E-state index contributed by atoms with van der Waals surface area (Å²) in [5, 5.41) is 16.4. The first-order valence-electron chi connectivity index (χ1n) is 7.73. The van der Waals surface area contributed by atoms with Crippen LogP contribution in [0.25, 0.3) is 0 Å². The van der Waals surface area contributed by atoms with Crippen LogP contribution in [0.4, 0.5) is 24.5 Å². The number of carbonyl (C=O) groups is 1. The summed E-state index contributed by atoms with van der Waals surface area (Å²) in [6, 6.07) is 8.50. The molecule has 2 aromatic carbocycles. The minimum atomic E-state index is -4.78. The van der Waals surface area contributed by atoms with E-state index >= 15 is 0 Å². The topological polar surface area (TPSA) is 93.5 Å². The number of rotatable bonds is 6. The van der Waals surface area contributed by atoms with Gasteiger partial charge in [-0.1, -0.05) is 12.1 Å². The van der Waals surface area contributed by atoms with Crippen LogP contribution in [0.2, 0.25) is 0 Å².